The van der Waals surface area contributed by atoms with E-state index in [0.717, 1.165) is 93.5 Å². The maximum absolute atomic E-state index is 15.0. The molecule has 4 aromatic heterocycles. The van der Waals surface area contributed by atoms with E-state index >= 15 is 0 Å². The molecule has 0 bridgehead atoms. The van der Waals surface area contributed by atoms with Crippen molar-refractivity contribution in [1.29, 1.82) is 10.5 Å². The number of hydrogen-bond donors (Lipinski definition) is 0. The van der Waals surface area contributed by atoms with Gasteiger partial charge in [-0.1, -0.05) is 97.1 Å². The number of furan rings is 2. The lowest BCUT2D eigenvalue weighted by Crippen LogP contribution is -2.08. The predicted molar refractivity (Wildman–Crippen MR) is 255 cm³/mol. The molecule has 6 nitrogen and oxygen atoms in total. The van der Waals surface area contributed by atoms with Crippen LogP contribution in [0.1, 0.15) is 16.7 Å². The van der Waals surface area contributed by atoms with E-state index in [1.165, 1.54) is 12.1 Å². The van der Waals surface area contributed by atoms with Gasteiger partial charge in [0.05, 0.1) is 73.0 Å². The summed E-state index contributed by atoms with van der Waals surface area (Å²) in [6.07, 6.45) is -4.75. The first-order valence-corrected chi connectivity index (χ1v) is 21.3. The van der Waals surface area contributed by atoms with Crippen molar-refractivity contribution in [2.75, 3.05) is 0 Å². The molecule has 13 aromatic rings. The minimum absolute atomic E-state index is 0.0629. The van der Waals surface area contributed by atoms with Gasteiger partial charge in [-0.05, 0) is 90.0 Å². The highest BCUT2D eigenvalue weighted by atomic mass is 19.4. The van der Waals surface area contributed by atoms with E-state index in [2.05, 4.69) is 39.5 Å². The highest BCUT2D eigenvalue weighted by molar-refractivity contribution is 6.25. The van der Waals surface area contributed by atoms with Gasteiger partial charge in [-0.15, -0.1) is 0 Å². The van der Waals surface area contributed by atoms with Crippen LogP contribution < -0.4 is 0 Å². The van der Waals surface area contributed by atoms with Gasteiger partial charge in [0, 0.05) is 43.4 Å². The molecule has 66 heavy (non-hydrogen) atoms. The van der Waals surface area contributed by atoms with E-state index < -0.39 is 11.7 Å². The van der Waals surface area contributed by atoms with Gasteiger partial charge in [-0.3, -0.25) is 0 Å². The third kappa shape index (κ3) is 5.29. The number of nitrogens with zero attached hydrogens (tertiary/aromatic N) is 4. The zero-order valence-electron chi connectivity index (χ0n) is 34.5. The summed E-state index contributed by atoms with van der Waals surface area (Å²) in [5.74, 6) is 0. The molecule has 0 spiro atoms. The molecule has 0 N–H and O–H groups in total. The molecule has 9 heteroatoms. The van der Waals surface area contributed by atoms with Crippen LogP contribution in [0.3, 0.4) is 0 Å². The Labute approximate surface area is 372 Å². The second-order valence-corrected chi connectivity index (χ2v) is 16.5. The van der Waals surface area contributed by atoms with Crippen molar-refractivity contribution in [3.63, 3.8) is 0 Å². The third-order valence-electron chi connectivity index (χ3n) is 13.0. The Hall–Kier alpha value is -9.05. The number of fused-ring (bicyclic) bond motifs is 14. The number of nitriles is 2. The van der Waals surface area contributed by atoms with Crippen LogP contribution in [0.5, 0.6) is 0 Å². The standard InChI is InChI=1S/C57H29F3N4O2/c58-57(59,60)44-27-32(30-61)17-20-35(44)34-19-22-37(50(29-34)64-46-14-6-2-12-43(46)54-48(64)26-24-41-39-10-4-8-16-52(39)66-56(41)54)36-21-18-33(31-62)28-49(36)63-45-13-5-1-11-42(45)53-47(63)25-23-40-38-9-3-7-15-51(38)65-55(40)53/h1-29H. The fraction of sp³-hybridized carbons (Fsp3) is 0.0175. The second kappa shape index (κ2) is 13.7. The summed E-state index contributed by atoms with van der Waals surface area (Å²) >= 11 is 0. The molecule has 0 saturated heterocycles. The summed E-state index contributed by atoms with van der Waals surface area (Å²) in [4.78, 5) is 0. The molecular weight excluding hydrogens is 830 g/mol. The van der Waals surface area contributed by atoms with Crippen LogP contribution in [0.15, 0.2) is 185 Å². The Kier molecular flexibility index (Phi) is 7.80. The molecule has 0 aliphatic heterocycles. The number of benzene rings is 9. The Bertz CT molecular complexity index is 4320. The summed E-state index contributed by atoms with van der Waals surface area (Å²) in [7, 11) is 0. The van der Waals surface area contributed by atoms with Crippen molar-refractivity contribution in [3.8, 4) is 45.8 Å². The number of aromatic nitrogens is 2. The maximum atomic E-state index is 15.0. The molecule has 0 amide bonds. The summed E-state index contributed by atoms with van der Waals surface area (Å²) in [5, 5.41) is 27.6. The van der Waals surface area contributed by atoms with Crippen molar-refractivity contribution >= 4 is 87.5 Å². The van der Waals surface area contributed by atoms with Crippen LogP contribution in [-0.2, 0) is 6.18 Å². The van der Waals surface area contributed by atoms with Gasteiger partial charge in [-0.2, -0.15) is 23.7 Å². The highest BCUT2D eigenvalue weighted by Gasteiger charge is 2.35. The fourth-order valence-electron chi connectivity index (χ4n) is 10.2. The third-order valence-corrected chi connectivity index (χ3v) is 13.0. The predicted octanol–water partition coefficient (Wildman–Crippen LogP) is 15.8. The molecule has 310 valence electrons. The molecule has 0 unspecified atom stereocenters. The maximum Gasteiger partial charge on any atom is 0.417 e. The van der Waals surface area contributed by atoms with Crippen LogP contribution in [0.2, 0.25) is 0 Å². The van der Waals surface area contributed by atoms with Gasteiger partial charge in [0.15, 0.2) is 0 Å². The monoisotopic (exact) mass is 858 g/mol. The summed E-state index contributed by atoms with van der Waals surface area (Å²) in [6.45, 7) is 0. The molecule has 0 aliphatic rings. The van der Waals surface area contributed by atoms with E-state index in [4.69, 9.17) is 8.83 Å². The van der Waals surface area contributed by atoms with Crippen LogP contribution in [0.4, 0.5) is 13.2 Å². The van der Waals surface area contributed by atoms with Gasteiger partial charge >= 0.3 is 6.18 Å². The number of halogens is 3. The average molecular weight is 859 g/mol. The SMILES string of the molecule is N#Cc1ccc(-c2ccc(-c3ccc(C#N)cc3C(F)(F)F)cc2-n2c3ccccc3c3c4oc5ccccc5c4ccc32)c(-n2c3ccccc3c3c4oc5ccccc5c4ccc32)c1. The molecule has 13 rings (SSSR count). The first-order valence-electron chi connectivity index (χ1n) is 21.3. The fourth-order valence-corrected chi connectivity index (χ4v) is 10.2. The summed E-state index contributed by atoms with van der Waals surface area (Å²) < 4.78 is 62.3. The quantitative estimate of drug-likeness (QED) is 0.176. The first-order chi connectivity index (χ1) is 32.3. The molecule has 0 radical (unpaired) electrons. The van der Waals surface area contributed by atoms with Gasteiger partial charge in [0.25, 0.3) is 0 Å². The zero-order chi connectivity index (χ0) is 44.4. The molecule has 0 aliphatic carbocycles. The van der Waals surface area contributed by atoms with Gasteiger partial charge in [0.1, 0.15) is 22.3 Å². The van der Waals surface area contributed by atoms with E-state index in [1.54, 1.807) is 18.2 Å². The minimum atomic E-state index is -4.75. The largest absolute Gasteiger partial charge is 0.455 e. The van der Waals surface area contributed by atoms with E-state index in [9.17, 15) is 23.7 Å². The number of hydrogen-bond acceptors (Lipinski definition) is 4. The van der Waals surface area contributed by atoms with Gasteiger partial charge < -0.3 is 18.0 Å². The lowest BCUT2D eigenvalue weighted by Gasteiger charge is -2.21. The number of alkyl halides is 3. The Morgan fingerprint density at radius 2 is 0.864 bits per heavy atom. The van der Waals surface area contributed by atoms with Crippen LogP contribution in [0, 0.1) is 22.7 Å². The summed E-state index contributed by atoms with van der Waals surface area (Å²) in [5.41, 5.74) is 8.70. The second-order valence-electron chi connectivity index (χ2n) is 16.5. The van der Waals surface area contributed by atoms with E-state index in [0.29, 0.717) is 33.6 Å². The van der Waals surface area contributed by atoms with Crippen molar-refractivity contribution in [2.24, 2.45) is 0 Å². The molecule has 4 heterocycles. The van der Waals surface area contributed by atoms with Gasteiger partial charge in [-0.25, -0.2) is 0 Å². The molecule has 0 atom stereocenters. The van der Waals surface area contributed by atoms with Crippen molar-refractivity contribution < 1.29 is 22.0 Å². The highest BCUT2D eigenvalue weighted by Crippen LogP contribution is 2.47. The van der Waals surface area contributed by atoms with E-state index in [1.807, 2.05) is 121 Å². The van der Waals surface area contributed by atoms with E-state index in [-0.39, 0.29) is 11.1 Å². The molecular formula is C57H29F3N4O2. The Balaban J connectivity index is 1.16. The Morgan fingerprint density at radius 3 is 1.39 bits per heavy atom. The topological polar surface area (TPSA) is 83.7 Å². The van der Waals surface area contributed by atoms with Crippen LogP contribution in [0.25, 0.3) is 121 Å². The van der Waals surface area contributed by atoms with Crippen molar-refractivity contribution in [1.82, 2.24) is 9.13 Å². The van der Waals surface area contributed by atoms with Crippen molar-refractivity contribution in [3.05, 3.63) is 193 Å². The lowest BCUT2D eigenvalue weighted by molar-refractivity contribution is -0.137. The zero-order valence-corrected chi connectivity index (χ0v) is 34.5. The summed E-state index contributed by atoms with van der Waals surface area (Å²) in [6, 6.07) is 59.0. The van der Waals surface area contributed by atoms with Gasteiger partial charge in [0.2, 0.25) is 0 Å². The smallest absolute Gasteiger partial charge is 0.417 e. The molecule has 9 aromatic carbocycles. The molecule has 0 saturated carbocycles. The molecule has 0 fully saturated rings. The Morgan fingerprint density at radius 1 is 0.409 bits per heavy atom. The minimum Gasteiger partial charge on any atom is -0.455 e. The number of rotatable bonds is 4. The van der Waals surface area contributed by atoms with Crippen molar-refractivity contribution in [2.45, 2.75) is 6.18 Å². The average Bonchev–Trinajstić information content (AvgIpc) is 4.11. The van der Waals surface area contributed by atoms with Crippen LogP contribution >= 0.6 is 0 Å². The number of para-hydroxylation sites is 4. The first kappa shape index (κ1) is 37.5. The van der Waals surface area contributed by atoms with Crippen LogP contribution in [-0.4, -0.2) is 9.13 Å². The normalized spacial score (nSPS) is 12.1. The lowest BCUT2D eigenvalue weighted by atomic mass is 9.93.